The summed E-state index contributed by atoms with van der Waals surface area (Å²) in [6.07, 6.45) is 2.25. The van der Waals surface area contributed by atoms with Crippen molar-refractivity contribution in [2.75, 3.05) is 6.61 Å². The molecule has 0 bridgehead atoms. The van der Waals surface area contributed by atoms with Crippen molar-refractivity contribution in [2.45, 2.75) is 24.9 Å². The normalized spacial score (nSPS) is 17.8. The van der Waals surface area contributed by atoms with E-state index in [1.54, 1.807) is 6.07 Å². The molecule has 2 N–H and O–H groups in total. The molecule has 0 saturated heterocycles. The van der Waals surface area contributed by atoms with Crippen molar-refractivity contribution in [2.24, 2.45) is 0 Å². The molecule has 1 aromatic carbocycles. The molecule has 0 aromatic heterocycles. The predicted molar refractivity (Wildman–Crippen MR) is 57.4 cm³/mol. The van der Waals surface area contributed by atoms with Crippen molar-refractivity contribution in [3.05, 3.63) is 34.6 Å². The van der Waals surface area contributed by atoms with Gasteiger partial charge >= 0.3 is 0 Å². The van der Waals surface area contributed by atoms with Crippen molar-refractivity contribution in [1.82, 2.24) is 5.32 Å². The van der Waals surface area contributed by atoms with Crippen LogP contribution in [-0.2, 0) is 0 Å². The van der Waals surface area contributed by atoms with Crippen LogP contribution in [0.25, 0.3) is 0 Å². The first-order chi connectivity index (χ1) is 7.19. The quantitative estimate of drug-likeness (QED) is 0.830. The minimum atomic E-state index is -0.367. The van der Waals surface area contributed by atoms with Gasteiger partial charge in [0.05, 0.1) is 12.6 Å². The molecule has 0 aliphatic heterocycles. The highest BCUT2D eigenvalue weighted by atomic mass is 35.5. The summed E-state index contributed by atoms with van der Waals surface area (Å²) in [6, 6.07) is 4.59. The summed E-state index contributed by atoms with van der Waals surface area (Å²) >= 11 is 5.75. The molecule has 1 atom stereocenters. The predicted octanol–water partition coefficient (Wildman–Crippen LogP) is 2.26. The lowest BCUT2D eigenvalue weighted by Gasteiger charge is -2.16. The number of benzene rings is 1. The molecule has 1 aromatic rings. The van der Waals surface area contributed by atoms with Gasteiger partial charge in [-0.1, -0.05) is 11.6 Å². The third-order valence-corrected chi connectivity index (χ3v) is 2.70. The van der Waals surface area contributed by atoms with E-state index in [0.717, 1.165) is 12.8 Å². The summed E-state index contributed by atoms with van der Waals surface area (Å²) in [4.78, 5) is 0. The second-order valence-corrected chi connectivity index (χ2v) is 4.32. The fraction of sp³-hybridized carbons (Fsp3) is 0.455. The van der Waals surface area contributed by atoms with E-state index >= 15 is 0 Å². The summed E-state index contributed by atoms with van der Waals surface area (Å²) in [6.45, 7) is -0.0454. The fourth-order valence-corrected chi connectivity index (χ4v) is 1.80. The lowest BCUT2D eigenvalue weighted by Crippen LogP contribution is -2.26. The van der Waals surface area contributed by atoms with Crippen molar-refractivity contribution in [3.8, 4) is 0 Å². The molecule has 1 aliphatic rings. The molecule has 1 fully saturated rings. The maximum atomic E-state index is 13.1. The van der Waals surface area contributed by atoms with Crippen LogP contribution in [0.15, 0.2) is 18.2 Å². The Hall–Kier alpha value is -0.640. The molecule has 2 nitrogen and oxygen atoms in total. The zero-order valence-electron chi connectivity index (χ0n) is 8.21. The SMILES string of the molecule is OCC(NC1CC1)c1cc(F)cc(Cl)c1. The molecule has 0 spiro atoms. The van der Waals surface area contributed by atoms with Gasteiger partial charge in [0.25, 0.3) is 0 Å². The van der Waals surface area contributed by atoms with E-state index in [2.05, 4.69) is 5.32 Å². The minimum absolute atomic E-state index is 0.0454. The van der Waals surface area contributed by atoms with Gasteiger partial charge in [0.1, 0.15) is 5.82 Å². The molecular weight excluding hydrogens is 217 g/mol. The van der Waals surface area contributed by atoms with E-state index in [-0.39, 0.29) is 18.5 Å². The zero-order valence-corrected chi connectivity index (χ0v) is 8.97. The minimum Gasteiger partial charge on any atom is -0.394 e. The lowest BCUT2D eigenvalue weighted by atomic mass is 10.1. The largest absolute Gasteiger partial charge is 0.394 e. The van der Waals surface area contributed by atoms with E-state index in [1.165, 1.54) is 12.1 Å². The van der Waals surface area contributed by atoms with Crippen molar-refractivity contribution >= 4 is 11.6 Å². The number of nitrogens with one attached hydrogen (secondary N) is 1. The molecule has 0 amide bonds. The van der Waals surface area contributed by atoms with Crippen molar-refractivity contribution < 1.29 is 9.50 Å². The zero-order chi connectivity index (χ0) is 10.8. The Labute approximate surface area is 93.1 Å². The van der Waals surface area contributed by atoms with Crippen LogP contribution in [-0.4, -0.2) is 17.8 Å². The van der Waals surface area contributed by atoms with Gasteiger partial charge in [0, 0.05) is 11.1 Å². The van der Waals surface area contributed by atoms with Crippen LogP contribution in [0.4, 0.5) is 4.39 Å². The molecule has 4 heteroatoms. The van der Waals surface area contributed by atoms with Crippen molar-refractivity contribution in [3.63, 3.8) is 0 Å². The Morgan fingerprint density at radius 3 is 2.73 bits per heavy atom. The Bertz CT molecular complexity index is 334. The Kier molecular flexibility index (Phi) is 3.24. The number of hydrogen-bond donors (Lipinski definition) is 2. The molecule has 0 heterocycles. The molecule has 0 radical (unpaired) electrons. The lowest BCUT2D eigenvalue weighted by molar-refractivity contribution is 0.243. The Balaban J connectivity index is 2.16. The maximum absolute atomic E-state index is 13.1. The third kappa shape index (κ3) is 2.91. The highest BCUT2D eigenvalue weighted by Crippen LogP contribution is 2.25. The number of aliphatic hydroxyl groups excluding tert-OH is 1. The highest BCUT2D eigenvalue weighted by Gasteiger charge is 2.25. The maximum Gasteiger partial charge on any atom is 0.125 e. The van der Waals surface area contributed by atoms with Gasteiger partial charge in [0.2, 0.25) is 0 Å². The van der Waals surface area contributed by atoms with Gasteiger partial charge in [-0.25, -0.2) is 4.39 Å². The highest BCUT2D eigenvalue weighted by molar-refractivity contribution is 6.30. The van der Waals surface area contributed by atoms with Crippen LogP contribution < -0.4 is 5.32 Å². The number of rotatable bonds is 4. The van der Waals surface area contributed by atoms with Gasteiger partial charge in [-0.3, -0.25) is 0 Å². The first-order valence-corrected chi connectivity index (χ1v) is 5.39. The summed E-state index contributed by atoms with van der Waals surface area (Å²) in [5.74, 6) is -0.367. The van der Waals surface area contributed by atoms with Gasteiger partial charge in [-0.05, 0) is 36.6 Å². The van der Waals surface area contributed by atoms with Crippen LogP contribution in [0.2, 0.25) is 5.02 Å². The average Bonchev–Trinajstić information content (AvgIpc) is 2.96. The Morgan fingerprint density at radius 2 is 2.20 bits per heavy atom. The van der Waals surface area contributed by atoms with E-state index in [0.29, 0.717) is 16.6 Å². The van der Waals surface area contributed by atoms with Crippen LogP contribution >= 0.6 is 11.6 Å². The van der Waals surface area contributed by atoms with E-state index in [4.69, 9.17) is 11.6 Å². The second kappa shape index (κ2) is 4.47. The summed E-state index contributed by atoms with van der Waals surface area (Å²) in [7, 11) is 0. The number of halogens is 2. The van der Waals surface area contributed by atoms with E-state index in [1.807, 2.05) is 0 Å². The molecular formula is C11H13ClFNO. The van der Waals surface area contributed by atoms with Crippen LogP contribution in [0.3, 0.4) is 0 Å². The van der Waals surface area contributed by atoms with Gasteiger partial charge in [-0.15, -0.1) is 0 Å². The van der Waals surface area contributed by atoms with Gasteiger partial charge in [-0.2, -0.15) is 0 Å². The first kappa shape index (κ1) is 10.9. The standard InChI is InChI=1S/C11H13ClFNO/c12-8-3-7(4-9(13)5-8)11(6-15)14-10-1-2-10/h3-5,10-11,14-15H,1-2,6H2. The van der Waals surface area contributed by atoms with Crippen LogP contribution in [0.1, 0.15) is 24.4 Å². The monoisotopic (exact) mass is 229 g/mol. The second-order valence-electron chi connectivity index (χ2n) is 3.88. The van der Waals surface area contributed by atoms with Gasteiger partial charge < -0.3 is 10.4 Å². The average molecular weight is 230 g/mol. The molecule has 82 valence electrons. The topological polar surface area (TPSA) is 32.3 Å². The number of aliphatic hydroxyl groups is 1. The summed E-state index contributed by atoms with van der Waals surface area (Å²) in [5, 5.41) is 12.8. The fourth-order valence-electron chi connectivity index (χ4n) is 1.57. The van der Waals surface area contributed by atoms with E-state index in [9.17, 15) is 9.50 Å². The van der Waals surface area contributed by atoms with Crippen LogP contribution in [0, 0.1) is 5.82 Å². The van der Waals surface area contributed by atoms with Gasteiger partial charge in [0.15, 0.2) is 0 Å². The molecule has 1 saturated carbocycles. The Morgan fingerprint density at radius 1 is 1.47 bits per heavy atom. The molecule has 1 unspecified atom stereocenters. The summed E-state index contributed by atoms with van der Waals surface area (Å²) in [5.41, 5.74) is 0.703. The van der Waals surface area contributed by atoms with E-state index < -0.39 is 0 Å². The first-order valence-electron chi connectivity index (χ1n) is 5.02. The number of hydrogen-bond acceptors (Lipinski definition) is 2. The van der Waals surface area contributed by atoms with Crippen LogP contribution in [0.5, 0.6) is 0 Å². The van der Waals surface area contributed by atoms with Crippen molar-refractivity contribution in [1.29, 1.82) is 0 Å². The molecule has 2 rings (SSSR count). The third-order valence-electron chi connectivity index (χ3n) is 2.48. The molecule has 1 aliphatic carbocycles. The molecule has 15 heavy (non-hydrogen) atoms. The smallest absolute Gasteiger partial charge is 0.125 e. The summed E-state index contributed by atoms with van der Waals surface area (Å²) < 4.78 is 13.1.